The molecule has 0 saturated carbocycles. The predicted molar refractivity (Wildman–Crippen MR) is 108 cm³/mol. The Kier molecular flexibility index (Phi) is 6.62. The number of aromatic nitrogens is 2. The molecule has 0 aliphatic carbocycles. The maximum Gasteiger partial charge on any atom is 0.223 e. The van der Waals surface area contributed by atoms with E-state index in [-0.39, 0.29) is 11.3 Å². The van der Waals surface area contributed by atoms with E-state index in [0.29, 0.717) is 29.1 Å². The van der Waals surface area contributed by atoms with E-state index in [0.717, 1.165) is 5.69 Å². The lowest BCUT2D eigenvalue weighted by Crippen LogP contribution is -1.99. The molecule has 6 heteroatoms. The summed E-state index contributed by atoms with van der Waals surface area (Å²) in [5.41, 5.74) is 2.05. The molecule has 2 aromatic carbocycles. The summed E-state index contributed by atoms with van der Waals surface area (Å²) < 4.78 is 33.6. The fourth-order valence-electron chi connectivity index (χ4n) is 2.60. The molecule has 0 aliphatic rings. The Bertz CT molecular complexity index is 926. The number of halogens is 2. The van der Waals surface area contributed by atoms with Gasteiger partial charge in [0.05, 0.1) is 0 Å². The Hall–Kier alpha value is -2.47. The fourth-order valence-corrected chi connectivity index (χ4v) is 3.48. The molecule has 0 amide bonds. The minimum absolute atomic E-state index is 0.0183. The summed E-state index contributed by atoms with van der Waals surface area (Å²) in [6, 6.07) is 13.5. The molecule has 1 heterocycles. The molecule has 0 saturated heterocycles. The second-order valence-corrected chi connectivity index (χ2v) is 7.59. The van der Waals surface area contributed by atoms with Gasteiger partial charge < -0.3 is 4.74 Å². The largest absolute Gasteiger partial charge is 0.439 e. The highest BCUT2D eigenvalue weighted by Gasteiger charge is 2.12. The second-order valence-electron chi connectivity index (χ2n) is 6.65. The van der Waals surface area contributed by atoms with Gasteiger partial charge in [-0.25, -0.2) is 13.8 Å². The Balaban J connectivity index is 1.78. The molecular formula is C22H22F2N2OS. The number of aryl methyl sites for hydroxylation is 1. The van der Waals surface area contributed by atoms with Crippen molar-refractivity contribution >= 4 is 11.8 Å². The van der Waals surface area contributed by atoms with Gasteiger partial charge in [-0.1, -0.05) is 50.7 Å². The number of nitrogens with zero attached hydrogens (tertiary/aromatic N) is 2. The van der Waals surface area contributed by atoms with Gasteiger partial charge in [-0.3, -0.25) is 0 Å². The van der Waals surface area contributed by atoms with Crippen LogP contribution in [0.1, 0.15) is 43.5 Å². The Labute approximate surface area is 168 Å². The van der Waals surface area contributed by atoms with Gasteiger partial charge in [-0.15, -0.1) is 0 Å². The molecule has 3 aromatic rings. The molecule has 0 atom stereocenters. The average molecular weight is 400 g/mol. The first-order valence-electron chi connectivity index (χ1n) is 9.17. The molecule has 0 spiro atoms. The topological polar surface area (TPSA) is 35.0 Å². The fraction of sp³-hybridized carbons (Fsp3) is 0.273. The van der Waals surface area contributed by atoms with Crippen molar-refractivity contribution in [3.63, 3.8) is 0 Å². The summed E-state index contributed by atoms with van der Waals surface area (Å²) in [6.07, 6.45) is 0.701. The van der Waals surface area contributed by atoms with E-state index in [1.807, 2.05) is 31.2 Å². The van der Waals surface area contributed by atoms with Crippen LogP contribution >= 0.6 is 11.8 Å². The highest BCUT2D eigenvalue weighted by molar-refractivity contribution is 7.98. The molecule has 3 nitrogen and oxygen atoms in total. The first-order chi connectivity index (χ1) is 13.5. The maximum absolute atomic E-state index is 13.8. The van der Waals surface area contributed by atoms with E-state index < -0.39 is 11.6 Å². The van der Waals surface area contributed by atoms with Crippen LogP contribution in [0.2, 0.25) is 0 Å². The van der Waals surface area contributed by atoms with Crippen molar-refractivity contribution in [1.29, 1.82) is 0 Å². The molecule has 0 unspecified atom stereocenters. The van der Waals surface area contributed by atoms with Crippen molar-refractivity contribution in [3.8, 4) is 11.6 Å². The summed E-state index contributed by atoms with van der Waals surface area (Å²) >= 11 is 1.18. The van der Waals surface area contributed by atoms with Gasteiger partial charge in [0.25, 0.3) is 0 Å². The molecule has 0 aliphatic heterocycles. The van der Waals surface area contributed by atoms with E-state index in [1.165, 1.54) is 35.5 Å². The van der Waals surface area contributed by atoms with Gasteiger partial charge in [0.15, 0.2) is 5.16 Å². The number of benzene rings is 2. The van der Waals surface area contributed by atoms with Gasteiger partial charge in [0.2, 0.25) is 5.88 Å². The lowest BCUT2D eigenvalue weighted by atomic mass is 10.0. The molecule has 1 aromatic heterocycles. The molecule has 0 N–H and O–H groups in total. The zero-order valence-electron chi connectivity index (χ0n) is 16.1. The zero-order chi connectivity index (χ0) is 20.1. The third kappa shape index (κ3) is 5.07. The average Bonchev–Trinajstić information content (AvgIpc) is 2.68. The number of hydrogen-bond acceptors (Lipinski definition) is 4. The third-order valence-corrected chi connectivity index (χ3v) is 5.15. The van der Waals surface area contributed by atoms with E-state index in [2.05, 4.69) is 23.8 Å². The first-order valence-corrected chi connectivity index (χ1v) is 10.2. The van der Waals surface area contributed by atoms with Crippen molar-refractivity contribution in [2.75, 3.05) is 0 Å². The summed E-state index contributed by atoms with van der Waals surface area (Å²) in [7, 11) is 0. The quantitative estimate of drug-likeness (QED) is 0.334. The third-order valence-electron chi connectivity index (χ3n) is 4.27. The Morgan fingerprint density at radius 2 is 1.68 bits per heavy atom. The van der Waals surface area contributed by atoms with Crippen molar-refractivity contribution in [2.45, 2.75) is 44.0 Å². The predicted octanol–water partition coefficient (Wildman–Crippen LogP) is 6.53. The number of rotatable bonds is 7. The molecule has 28 heavy (non-hydrogen) atoms. The van der Waals surface area contributed by atoms with E-state index in [1.54, 1.807) is 6.07 Å². The molecule has 0 bridgehead atoms. The van der Waals surface area contributed by atoms with Crippen molar-refractivity contribution < 1.29 is 13.5 Å². The lowest BCUT2D eigenvalue weighted by Gasteiger charge is -2.10. The molecular weight excluding hydrogens is 378 g/mol. The van der Waals surface area contributed by atoms with Crippen LogP contribution in [-0.4, -0.2) is 9.97 Å². The van der Waals surface area contributed by atoms with Crippen LogP contribution in [0.3, 0.4) is 0 Å². The van der Waals surface area contributed by atoms with Crippen LogP contribution in [-0.2, 0) is 12.2 Å². The van der Waals surface area contributed by atoms with Crippen molar-refractivity contribution in [3.05, 3.63) is 77.0 Å². The van der Waals surface area contributed by atoms with Crippen LogP contribution in [0.5, 0.6) is 11.6 Å². The van der Waals surface area contributed by atoms with Crippen molar-refractivity contribution in [2.24, 2.45) is 0 Å². The molecule has 0 radical (unpaired) electrons. The normalized spacial score (nSPS) is 11.1. The molecule has 0 fully saturated rings. The highest BCUT2D eigenvalue weighted by atomic mass is 32.2. The van der Waals surface area contributed by atoms with Crippen LogP contribution in [0, 0.1) is 11.6 Å². The van der Waals surface area contributed by atoms with Crippen LogP contribution in [0.4, 0.5) is 8.78 Å². The SMILES string of the molecule is CCc1cc(Oc2ccc(C(C)C)cc2)nc(SCc2c(F)cccc2F)n1. The summed E-state index contributed by atoms with van der Waals surface area (Å²) in [4.78, 5) is 8.83. The van der Waals surface area contributed by atoms with Gasteiger partial charge in [-0.2, -0.15) is 4.98 Å². The lowest BCUT2D eigenvalue weighted by molar-refractivity contribution is 0.453. The van der Waals surface area contributed by atoms with E-state index in [4.69, 9.17) is 4.74 Å². The highest BCUT2D eigenvalue weighted by Crippen LogP contribution is 2.28. The van der Waals surface area contributed by atoms with Gasteiger partial charge >= 0.3 is 0 Å². The van der Waals surface area contributed by atoms with Crippen LogP contribution in [0.25, 0.3) is 0 Å². The summed E-state index contributed by atoms with van der Waals surface area (Å²) in [5, 5.41) is 0.427. The Morgan fingerprint density at radius 3 is 2.29 bits per heavy atom. The minimum Gasteiger partial charge on any atom is -0.439 e. The van der Waals surface area contributed by atoms with E-state index >= 15 is 0 Å². The van der Waals surface area contributed by atoms with Crippen molar-refractivity contribution in [1.82, 2.24) is 9.97 Å². The van der Waals surface area contributed by atoms with Gasteiger partial charge in [-0.05, 0) is 42.2 Å². The van der Waals surface area contributed by atoms with Gasteiger partial charge in [0, 0.05) is 23.1 Å². The summed E-state index contributed by atoms with van der Waals surface area (Å²) in [5.74, 6) is 0.513. The van der Waals surface area contributed by atoms with Crippen LogP contribution < -0.4 is 4.74 Å². The van der Waals surface area contributed by atoms with Gasteiger partial charge in [0.1, 0.15) is 17.4 Å². The maximum atomic E-state index is 13.8. The molecule has 146 valence electrons. The Morgan fingerprint density at radius 1 is 1.00 bits per heavy atom. The monoisotopic (exact) mass is 400 g/mol. The zero-order valence-corrected chi connectivity index (χ0v) is 16.9. The van der Waals surface area contributed by atoms with E-state index in [9.17, 15) is 8.78 Å². The summed E-state index contributed by atoms with van der Waals surface area (Å²) in [6.45, 7) is 6.25. The van der Waals surface area contributed by atoms with Crippen LogP contribution in [0.15, 0.2) is 53.7 Å². The standard InChI is InChI=1S/C22H22F2N2OS/c1-4-16-12-21(27-17-10-8-15(9-11-17)14(2)3)26-22(25-16)28-13-18-19(23)6-5-7-20(18)24/h5-12,14H,4,13H2,1-3H3. The minimum atomic E-state index is -0.569. The first kappa shape index (κ1) is 20.3. The number of thioether (sulfide) groups is 1. The smallest absolute Gasteiger partial charge is 0.223 e. The second kappa shape index (κ2) is 9.15. The molecule has 3 rings (SSSR count). The number of ether oxygens (including phenoxy) is 1. The number of hydrogen-bond donors (Lipinski definition) is 0.